The number of hydrogen-bond donors (Lipinski definition) is 1. The van der Waals surface area contributed by atoms with Crippen LogP contribution in [-0.2, 0) is 9.59 Å². The number of anilines is 2. The first-order valence-electron chi connectivity index (χ1n) is 8.61. The summed E-state index contributed by atoms with van der Waals surface area (Å²) in [4.78, 5) is 26.7. The van der Waals surface area contributed by atoms with Gasteiger partial charge in [-0.15, -0.1) is 0 Å². The van der Waals surface area contributed by atoms with Crippen molar-refractivity contribution in [2.45, 2.75) is 34.1 Å². The highest BCUT2D eigenvalue weighted by Gasteiger charge is 2.35. The zero-order chi connectivity index (χ0) is 18.1. The molecular formula is C21H24N2O2. The van der Waals surface area contributed by atoms with E-state index in [1.165, 1.54) is 5.56 Å². The first-order chi connectivity index (χ1) is 11.8. The van der Waals surface area contributed by atoms with E-state index in [1.807, 2.05) is 58.0 Å². The molecule has 2 aromatic carbocycles. The number of carbonyl (C=O) groups is 2. The second-order valence-electron chi connectivity index (χ2n) is 6.98. The van der Waals surface area contributed by atoms with Crippen molar-refractivity contribution in [2.24, 2.45) is 5.92 Å². The summed E-state index contributed by atoms with van der Waals surface area (Å²) in [5, 5.41) is 2.95. The zero-order valence-corrected chi connectivity index (χ0v) is 15.2. The summed E-state index contributed by atoms with van der Waals surface area (Å²) < 4.78 is 0. The molecule has 1 atom stereocenters. The van der Waals surface area contributed by atoms with Crippen LogP contribution >= 0.6 is 0 Å². The lowest BCUT2D eigenvalue weighted by molar-refractivity contribution is -0.122. The maximum atomic E-state index is 12.6. The monoisotopic (exact) mass is 336 g/mol. The maximum Gasteiger partial charge on any atom is 0.229 e. The molecule has 0 spiro atoms. The minimum Gasteiger partial charge on any atom is -0.326 e. The van der Waals surface area contributed by atoms with Gasteiger partial charge in [0.2, 0.25) is 11.8 Å². The summed E-state index contributed by atoms with van der Waals surface area (Å²) in [7, 11) is 0. The molecule has 3 rings (SSSR count). The highest BCUT2D eigenvalue weighted by Crippen LogP contribution is 2.29. The lowest BCUT2D eigenvalue weighted by atomic mass is 10.1. The van der Waals surface area contributed by atoms with Gasteiger partial charge < -0.3 is 10.2 Å². The minimum atomic E-state index is -0.324. The molecule has 2 amide bonds. The van der Waals surface area contributed by atoms with Crippen molar-refractivity contribution in [2.75, 3.05) is 16.8 Å². The van der Waals surface area contributed by atoms with Crippen LogP contribution in [0.25, 0.3) is 0 Å². The quantitative estimate of drug-likeness (QED) is 0.924. The Hall–Kier alpha value is -2.62. The minimum absolute atomic E-state index is 0.00666. The average molecular weight is 336 g/mol. The Kier molecular flexibility index (Phi) is 4.62. The second-order valence-corrected chi connectivity index (χ2v) is 6.98. The molecule has 0 bridgehead atoms. The number of benzene rings is 2. The molecule has 1 fully saturated rings. The molecule has 130 valence electrons. The molecule has 0 unspecified atom stereocenters. The van der Waals surface area contributed by atoms with Gasteiger partial charge in [0.15, 0.2) is 0 Å². The number of aryl methyl sites for hydroxylation is 4. The lowest BCUT2D eigenvalue weighted by Crippen LogP contribution is -2.28. The van der Waals surface area contributed by atoms with Crippen LogP contribution in [0.15, 0.2) is 36.4 Å². The fourth-order valence-electron chi connectivity index (χ4n) is 3.29. The highest BCUT2D eigenvalue weighted by atomic mass is 16.2. The molecule has 2 aromatic rings. The zero-order valence-electron chi connectivity index (χ0n) is 15.2. The Morgan fingerprint density at radius 2 is 1.76 bits per heavy atom. The molecule has 1 heterocycles. The second kappa shape index (κ2) is 6.71. The van der Waals surface area contributed by atoms with Gasteiger partial charge in [-0.2, -0.15) is 0 Å². The van der Waals surface area contributed by atoms with Crippen molar-refractivity contribution in [3.8, 4) is 0 Å². The predicted octanol–water partition coefficient (Wildman–Crippen LogP) is 3.91. The largest absolute Gasteiger partial charge is 0.326 e. The van der Waals surface area contributed by atoms with Gasteiger partial charge in [0.25, 0.3) is 0 Å². The van der Waals surface area contributed by atoms with E-state index in [0.29, 0.717) is 6.54 Å². The van der Waals surface area contributed by atoms with E-state index in [4.69, 9.17) is 0 Å². The first-order valence-corrected chi connectivity index (χ1v) is 8.61. The number of nitrogens with one attached hydrogen (secondary N) is 1. The smallest absolute Gasteiger partial charge is 0.229 e. The number of hydrogen-bond acceptors (Lipinski definition) is 2. The molecule has 1 N–H and O–H groups in total. The molecule has 4 heteroatoms. The van der Waals surface area contributed by atoms with E-state index >= 15 is 0 Å². The van der Waals surface area contributed by atoms with E-state index in [0.717, 1.165) is 28.1 Å². The van der Waals surface area contributed by atoms with Crippen LogP contribution < -0.4 is 10.2 Å². The third kappa shape index (κ3) is 3.58. The van der Waals surface area contributed by atoms with E-state index in [2.05, 4.69) is 11.4 Å². The van der Waals surface area contributed by atoms with E-state index in [-0.39, 0.29) is 24.2 Å². The van der Waals surface area contributed by atoms with E-state index in [1.54, 1.807) is 4.90 Å². The van der Waals surface area contributed by atoms with Gasteiger partial charge in [-0.1, -0.05) is 23.8 Å². The summed E-state index contributed by atoms with van der Waals surface area (Å²) in [5.41, 5.74) is 6.23. The third-order valence-electron chi connectivity index (χ3n) is 4.91. The van der Waals surface area contributed by atoms with Gasteiger partial charge in [-0.3, -0.25) is 9.59 Å². The first kappa shape index (κ1) is 17.2. The maximum absolute atomic E-state index is 12.6. The topological polar surface area (TPSA) is 49.4 Å². The van der Waals surface area contributed by atoms with Gasteiger partial charge in [0, 0.05) is 24.3 Å². The van der Waals surface area contributed by atoms with Crippen LogP contribution in [0.5, 0.6) is 0 Å². The van der Waals surface area contributed by atoms with Crippen LogP contribution in [0.3, 0.4) is 0 Å². The fraction of sp³-hybridized carbons (Fsp3) is 0.333. The molecule has 0 aliphatic carbocycles. The third-order valence-corrected chi connectivity index (χ3v) is 4.91. The van der Waals surface area contributed by atoms with Gasteiger partial charge in [-0.05, 0) is 62.6 Å². The van der Waals surface area contributed by atoms with E-state index in [9.17, 15) is 9.59 Å². The van der Waals surface area contributed by atoms with Gasteiger partial charge >= 0.3 is 0 Å². The summed E-state index contributed by atoms with van der Waals surface area (Å²) in [5.74, 6) is -0.411. The Bertz CT molecular complexity index is 842. The van der Waals surface area contributed by atoms with Crippen LogP contribution in [0.4, 0.5) is 11.4 Å². The van der Waals surface area contributed by atoms with Gasteiger partial charge in [0.1, 0.15) is 0 Å². The number of nitrogens with zero attached hydrogens (tertiary/aromatic N) is 1. The highest BCUT2D eigenvalue weighted by molar-refractivity contribution is 6.03. The summed E-state index contributed by atoms with van der Waals surface area (Å²) >= 11 is 0. The Morgan fingerprint density at radius 3 is 2.44 bits per heavy atom. The van der Waals surface area contributed by atoms with Crippen molar-refractivity contribution < 1.29 is 9.59 Å². The Balaban J connectivity index is 1.73. The van der Waals surface area contributed by atoms with Crippen molar-refractivity contribution in [1.82, 2.24) is 0 Å². The number of amides is 2. The standard InChI is InChI=1S/C21H24N2O2/c1-13-5-8-19(16(4)9-13)23-12-17(11-20(23)24)21(25)22-18-7-6-14(2)15(3)10-18/h5-10,17H,11-12H2,1-4H3,(H,22,25)/t17-/m1/s1. The number of carbonyl (C=O) groups excluding carboxylic acids is 2. The van der Waals surface area contributed by atoms with Crippen molar-refractivity contribution in [3.63, 3.8) is 0 Å². The summed E-state index contributed by atoms with van der Waals surface area (Å²) in [6, 6.07) is 11.9. The van der Waals surface area contributed by atoms with Crippen LogP contribution in [0, 0.1) is 33.6 Å². The normalized spacial score (nSPS) is 17.0. The van der Waals surface area contributed by atoms with Crippen LogP contribution in [0.2, 0.25) is 0 Å². The summed E-state index contributed by atoms with van der Waals surface area (Å²) in [6.45, 7) is 8.52. The molecule has 1 aliphatic heterocycles. The van der Waals surface area contributed by atoms with Gasteiger partial charge in [0.05, 0.1) is 5.92 Å². The molecule has 25 heavy (non-hydrogen) atoms. The number of rotatable bonds is 3. The van der Waals surface area contributed by atoms with Crippen LogP contribution in [-0.4, -0.2) is 18.4 Å². The molecule has 1 saturated heterocycles. The Morgan fingerprint density at radius 1 is 1.00 bits per heavy atom. The molecule has 0 aromatic heterocycles. The SMILES string of the molecule is Cc1ccc(N2C[C@H](C(=O)Nc3ccc(C)c(C)c3)CC2=O)c(C)c1. The van der Waals surface area contributed by atoms with Crippen molar-refractivity contribution in [1.29, 1.82) is 0 Å². The average Bonchev–Trinajstić information content (AvgIpc) is 2.93. The molecule has 0 radical (unpaired) electrons. The molecule has 0 saturated carbocycles. The van der Waals surface area contributed by atoms with E-state index < -0.39 is 0 Å². The summed E-state index contributed by atoms with van der Waals surface area (Å²) in [6.07, 6.45) is 0.254. The van der Waals surface area contributed by atoms with Crippen molar-refractivity contribution >= 4 is 23.2 Å². The molecular weight excluding hydrogens is 312 g/mol. The lowest BCUT2D eigenvalue weighted by Gasteiger charge is -2.19. The Labute approximate surface area is 148 Å². The van der Waals surface area contributed by atoms with Crippen molar-refractivity contribution in [3.05, 3.63) is 58.7 Å². The van der Waals surface area contributed by atoms with Crippen LogP contribution in [0.1, 0.15) is 28.7 Å². The van der Waals surface area contributed by atoms with Gasteiger partial charge in [-0.25, -0.2) is 0 Å². The fourth-order valence-corrected chi connectivity index (χ4v) is 3.29. The molecule has 4 nitrogen and oxygen atoms in total. The molecule has 1 aliphatic rings. The predicted molar refractivity (Wildman–Crippen MR) is 101 cm³/mol.